The Labute approximate surface area is 183 Å². The van der Waals surface area contributed by atoms with Gasteiger partial charge in [0.25, 0.3) is 5.91 Å². The van der Waals surface area contributed by atoms with E-state index in [1.54, 1.807) is 33.3 Å². The number of hydrogen-bond acceptors (Lipinski definition) is 6. The van der Waals surface area contributed by atoms with Crippen molar-refractivity contribution in [2.75, 3.05) is 70.7 Å². The number of nitrogens with one attached hydrogen (secondary N) is 1. The van der Waals surface area contributed by atoms with Gasteiger partial charge >= 0.3 is 0 Å². The molecule has 2 heterocycles. The van der Waals surface area contributed by atoms with E-state index in [1.165, 1.54) is 4.90 Å². The Morgan fingerprint density at radius 2 is 1.90 bits per heavy atom. The molecule has 0 unspecified atom stereocenters. The van der Waals surface area contributed by atoms with E-state index in [1.807, 2.05) is 12.1 Å². The number of anilines is 2. The van der Waals surface area contributed by atoms with Gasteiger partial charge in [0.2, 0.25) is 0 Å². The van der Waals surface area contributed by atoms with E-state index in [0.717, 1.165) is 57.1 Å². The highest BCUT2D eigenvalue weighted by Gasteiger charge is 2.19. The molecule has 3 rings (SSSR count). The minimum Gasteiger partial charge on any atom is -0.495 e. The minimum atomic E-state index is -0.0888. The molecule has 8 heteroatoms. The first-order valence-corrected chi connectivity index (χ1v) is 10.6. The molecule has 7 nitrogen and oxygen atoms in total. The quantitative estimate of drug-likeness (QED) is 0.512. The second kappa shape index (κ2) is 10.5. The number of hydrogen-bond donors (Lipinski definition) is 1. The van der Waals surface area contributed by atoms with Crippen LogP contribution < -0.4 is 15.0 Å². The number of methoxy groups -OCH3 is 1. The second-order valence-corrected chi connectivity index (χ2v) is 7.90. The maximum Gasteiger partial charge on any atom is 0.257 e. The molecule has 0 radical (unpaired) electrons. The molecule has 1 saturated heterocycles. The number of carbonyl (C=O) groups is 1. The molecule has 0 spiro atoms. The third-order valence-corrected chi connectivity index (χ3v) is 5.45. The molecule has 0 bridgehead atoms. The Hall–Kier alpha value is -2.51. The first-order valence-electron chi connectivity index (χ1n) is 10.2. The average Bonchev–Trinajstić information content (AvgIpc) is 2.76. The number of nitrogens with zero attached hydrogens (tertiary/aromatic N) is 4. The van der Waals surface area contributed by atoms with Crippen molar-refractivity contribution in [2.24, 2.45) is 0 Å². The molecule has 1 aromatic heterocycles. The fourth-order valence-corrected chi connectivity index (χ4v) is 3.74. The number of rotatable bonds is 8. The van der Waals surface area contributed by atoms with Crippen molar-refractivity contribution in [1.29, 1.82) is 0 Å². The molecule has 0 aliphatic carbocycles. The third kappa shape index (κ3) is 5.55. The van der Waals surface area contributed by atoms with Crippen LogP contribution in [0.1, 0.15) is 16.8 Å². The average molecular weight is 432 g/mol. The molecule has 0 saturated carbocycles. The lowest BCUT2D eigenvalue weighted by Gasteiger charge is -2.36. The molecule has 1 aromatic carbocycles. The molecule has 2 aromatic rings. The largest absolute Gasteiger partial charge is 0.495 e. The maximum absolute atomic E-state index is 12.3. The Morgan fingerprint density at radius 1 is 1.17 bits per heavy atom. The maximum atomic E-state index is 12.3. The summed E-state index contributed by atoms with van der Waals surface area (Å²) in [6, 6.07) is 11.5. The number of amides is 1. The number of para-hydroxylation sites is 2. The Bertz CT molecular complexity index is 853. The van der Waals surface area contributed by atoms with Gasteiger partial charge in [-0.15, -0.1) is 0 Å². The zero-order valence-corrected chi connectivity index (χ0v) is 18.7. The predicted molar refractivity (Wildman–Crippen MR) is 122 cm³/mol. The summed E-state index contributed by atoms with van der Waals surface area (Å²) < 4.78 is 5.49. The summed E-state index contributed by atoms with van der Waals surface area (Å²) in [6.45, 7) is 5.70. The van der Waals surface area contributed by atoms with E-state index in [2.05, 4.69) is 32.2 Å². The highest BCUT2D eigenvalue weighted by Crippen LogP contribution is 2.28. The SMILES string of the molecule is COc1ccccc1N1CCN(CCCNc2nc(Cl)ccc2C(=O)N(C)C)CC1. The van der Waals surface area contributed by atoms with Gasteiger partial charge in [0, 0.05) is 46.8 Å². The first-order chi connectivity index (χ1) is 14.5. The van der Waals surface area contributed by atoms with E-state index in [0.29, 0.717) is 16.5 Å². The van der Waals surface area contributed by atoms with E-state index < -0.39 is 0 Å². The number of carbonyl (C=O) groups excluding carboxylic acids is 1. The molecule has 1 N–H and O–H groups in total. The van der Waals surface area contributed by atoms with Gasteiger partial charge in [0.15, 0.2) is 0 Å². The summed E-state index contributed by atoms with van der Waals surface area (Å²) in [5.41, 5.74) is 1.70. The Balaban J connectivity index is 1.46. The third-order valence-electron chi connectivity index (χ3n) is 5.24. The van der Waals surface area contributed by atoms with Crippen LogP contribution in [-0.4, -0.2) is 81.2 Å². The van der Waals surface area contributed by atoms with Crippen LogP contribution in [0.15, 0.2) is 36.4 Å². The highest BCUT2D eigenvalue weighted by molar-refractivity contribution is 6.29. The number of benzene rings is 1. The monoisotopic (exact) mass is 431 g/mol. The van der Waals surface area contributed by atoms with Gasteiger partial charge in [0.05, 0.1) is 18.4 Å². The van der Waals surface area contributed by atoms with Crippen LogP contribution in [-0.2, 0) is 0 Å². The van der Waals surface area contributed by atoms with Gasteiger partial charge in [-0.25, -0.2) is 4.98 Å². The first kappa shape index (κ1) is 22.2. The fraction of sp³-hybridized carbons (Fsp3) is 0.455. The van der Waals surface area contributed by atoms with Crippen molar-refractivity contribution < 1.29 is 9.53 Å². The van der Waals surface area contributed by atoms with Gasteiger partial charge in [-0.2, -0.15) is 0 Å². The van der Waals surface area contributed by atoms with Gasteiger partial charge in [-0.3, -0.25) is 9.69 Å². The van der Waals surface area contributed by atoms with Crippen LogP contribution in [0.2, 0.25) is 5.15 Å². The number of halogens is 1. The van der Waals surface area contributed by atoms with Gasteiger partial charge in [0.1, 0.15) is 16.7 Å². The van der Waals surface area contributed by atoms with Gasteiger partial charge < -0.3 is 19.9 Å². The van der Waals surface area contributed by atoms with Crippen molar-refractivity contribution in [3.05, 3.63) is 47.1 Å². The van der Waals surface area contributed by atoms with E-state index in [4.69, 9.17) is 16.3 Å². The van der Waals surface area contributed by atoms with E-state index >= 15 is 0 Å². The Morgan fingerprint density at radius 3 is 2.60 bits per heavy atom. The molecule has 1 amide bonds. The summed E-state index contributed by atoms with van der Waals surface area (Å²) >= 11 is 6.02. The molecule has 0 atom stereocenters. The van der Waals surface area contributed by atoms with Crippen molar-refractivity contribution in [3.8, 4) is 5.75 Å². The summed E-state index contributed by atoms with van der Waals surface area (Å²) in [6.07, 6.45) is 0.957. The van der Waals surface area contributed by atoms with Crippen LogP contribution >= 0.6 is 11.6 Å². The topological polar surface area (TPSA) is 60.9 Å². The zero-order chi connectivity index (χ0) is 21.5. The molecular formula is C22H30ClN5O2. The van der Waals surface area contributed by atoms with Crippen molar-refractivity contribution >= 4 is 29.0 Å². The van der Waals surface area contributed by atoms with Crippen molar-refractivity contribution in [2.45, 2.75) is 6.42 Å². The number of pyridine rings is 1. The van der Waals surface area contributed by atoms with Gasteiger partial charge in [-0.05, 0) is 37.2 Å². The van der Waals surface area contributed by atoms with Crippen LogP contribution in [0.5, 0.6) is 5.75 Å². The van der Waals surface area contributed by atoms with E-state index in [9.17, 15) is 4.79 Å². The highest BCUT2D eigenvalue weighted by atomic mass is 35.5. The van der Waals surface area contributed by atoms with Crippen LogP contribution in [0.25, 0.3) is 0 Å². The molecular weight excluding hydrogens is 402 g/mol. The molecule has 30 heavy (non-hydrogen) atoms. The van der Waals surface area contributed by atoms with Crippen LogP contribution in [0, 0.1) is 0 Å². The zero-order valence-electron chi connectivity index (χ0n) is 17.9. The standard InChI is InChI=1S/C22H30ClN5O2/c1-26(2)22(29)17-9-10-20(23)25-21(17)24-11-6-12-27-13-15-28(16-14-27)18-7-4-5-8-19(18)30-3/h4-5,7-10H,6,11-16H2,1-3H3,(H,24,25). The fourth-order valence-electron chi connectivity index (χ4n) is 3.60. The van der Waals surface area contributed by atoms with Crippen molar-refractivity contribution in [1.82, 2.24) is 14.8 Å². The molecule has 162 valence electrons. The number of ether oxygens (including phenoxy) is 1. The number of piperazine rings is 1. The van der Waals surface area contributed by atoms with Crippen molar-refractivity contribution in [3.63, 3.8) is 0 Å². The van der Waals surface area contributed by atoms with Crippen LogP contribution in [0.4, 0.5) is 11.5 Å². The molecule has 1 aliphatic heterocycles. The smallest absolute Gasteiger partial charge is 0.257 e. The number of aromatic nitrogens is 1. The molecule has 1 aliphatic rings. The lowest BCUT2D eigenvalue weighted by Crippen LogP contribution is -2.47. The Kier molecular flexibility index (Phi) is 7.76. The lowest BCUT2D eigenvalue weighted by molar-refractivity contribution is 0.0828. The van der Waals surface area contributed by atoms with E-state index in [-0.39, 0.29) is 5.91 Å². The van der Waals surface area contributed by atoms with Crippen LogP contribution in [0.3, 0.4) is 0 Å². The summed E-state index contributed by atoms with van der Waals surface area (Å²) in [5, 5.41) is 3.66. The lowest BCUT2D eigenvalue weighted by atomic mass is 10.2. The minimum absolute atomic E-state index is 0.0888. The normalized spacial score (nSPS) is 14.5. The summed E-state index contributed by atoms with van der Waals surface area (Å²) in [7, 11) is 5.17. The predicted octanol–water partition coefficient (Wildman–Crippen LogP) is 3.07. The second-order valence-electron chi connectivity index (χ2n) is 7.51. The summed E-state index contributed by atoms with van der Waals surface area (Å²) in [4.78, 5) is 23.0. The molecule has 1 fully saturated rings. The summed E-state index contributed by atoms with van der Waals surface area (Å²) in [5.74, 6) is 1.38. The van der Waals surface area contributed by atoms with Gasteiger partial charge in [-0.1, -0.05) is 23.7 Å².